The molecule has 0 atom stereocenters. The number of non-ortho nitro benzene ring substituents is 1. The molecule has 168 valence electrons. The van der Waals surface area contributed by atoms with Crippen molar-refractivity contribution in [3.8, 4) is 17.0 Å². The highest BCUT2D eigenvalue weighted by atomic mass is 32.1. The number of nitro groups is 1. The fraction of sp³-hybridized carbons (Fsp3) is 0.348. The van der Waals surface area contributed by atoms with Crippen LogP contribution in [0.2, 0.25) is 0 Å². The molecule has 32 heavy (non-hydrogen) atoms. The van der Waals surface area contributed by atoms with E-state index >= 15 is 0 Å². The van der Waals surface area contributed by atoms with Gasteiger partial charge in [0.2, 0.25) is 0 Å². The Balaban J connectivity index is 1.96. The standard InChI is InChI=1S/C23H27N5O3S/c1-3-5-15-27(16-6-4-2)23-24-21(17-7-13-20(29)14-8-17)22(32-23)26-25-18-9-11-19(12-10-18)28(30)31/h7-14,29H,3-6,15-16H2,1-2H3. The Hall–Kier alpha value is -3.33. The zero-order chi connectivity index (χ0) is 22.9. The summed E-state index contributed by atoms with van der Waals surface area (Å²) >= 11 is 1.48. The lowest BCUT2D eigenvalue weighted by atomic mass is 10.1. The van der Waals surface area contributed by atoms with E-state index in [-0.39, 0.29) is 11.4 Å². The molecule has 3 aromatic rings. The van der Waals surface area contributed by atoms with E-state index < -0.39 is 4.92 Å². The lowest BCUT2D eigenvalue weighted by molar-refractivity contribution is -0.384. The summed E-state index contributed by atoms with van der Waals surface area (Å²) in [6.07, 6.45) is 4.37. The number of unbranched alkanes of at least 4 members (excludes halogenated alkanes) is 2. The van der Waals surface area contributed by atoms with Gasteiger partial charge in [-0.3, -0.25) is 10.1 Å². The molecule has 0 amide bonds. The lowest BCUT2D eigenvalue weighted by Gasteiger charge is -2.21. The van der Waals surface area contributed by atoms with Crippen LogP contribution in [0.25, 0.3) is 11.3 Å². The molecular formula is C23H27N5O3S. The Morgan fingerprint density at radius 2 is 1.62 bits per heavy atom. The van der Waals surface area contributed by atoms with Gasteiger partial charge in [-0.1, -0.05) is 38.0 Å². The molecule has 0 bridgehead atoms. The van der Waals surface area contributed by atoms with Gasteiger partial charge in [-0.2, -0.15) is 0 Å². The molecule has 0 saturated carbocycles. The topological polar surface area (TPSA) is 104 Å². The van der Waals surface area contributed by atoms with Crippen molar-refractivity contribution < 1.29 is 10.0 Å². The van der Waals surface area contributed by atoms with Crippen molar-refractivity contribution in [3.05, 3.63) is 58.6 Å². The monoisotopic (exact) mass is 453 g/mol. The van der Waals surface area contributed by atoms with E-state index in [0.29, 0.717) is 16.4 Å². The van der Waals surface area contributed by atoms with Crippen LogP contribution < -0.4 is 4.90 Å². The molecule has 8 nitrogen and oxygen atoms in total. The summed E-state index contributed by atoms with van der Waals surface area (Å²) in [5.41, 5.74) is 2.08. The van der Waals surface area contributed by atoms with Gasteiger partial charge in [0.15, 0.2) is 10.1 Å². The van der Waals surface area contributed by atoms with E-state index in [4.69, 9.17) is 4.98 Å². The Morgan fingerprint density at radius 1 is 1.00 bits per heavy atom. The first-order valence-electron chi connectivity index (χ1n) is 10.7. The highest BCUT2D eigenvalue weighted by Gasteiger charge is 2.18. The van der Waals surface area contributed by atoms with Crippen molar-refractivity contribution in [1.29, 1.82) is 0 Å². The van der Waals surface area contributed by atoms with Gasteiger partial charge in [0.05, 0.1) is 10.6 Å². The molecular weight excluding hydrogens is 426 g/mol. The number of nitro benzene ring substituents is 1. The average molecular weight is 454 g/mol. The number of azo groups is 1. The minimum Gasteiger partial charge on any atom is -0.508 e. The minimum absolute atomic E-state index is 0.0105. The quantitative estimate of drug-likeness (QED) is 0.187. The zero-order valence-electron chi connectivity index (χ0n) is 18.3. The van der Waals surface area contributed by atoms with Crippen LogP contribution in [0.1, 0.15) is 39.5 Å². The molecule has 0 saturated heterocycles. The van der Waals surface area contributed by atoms with Gasteiger partial charge < -0.3 is 10.0 Å². The second kappa shape index (κ2) is 11.3. The molecule has 1 aromatic heterocycles. The SMILES string of the molecule is CCCCN(CCCC)c1nc(-c2ccc(O)cc2)c(N=Nc2ccc([N+](=O)[O-])cc2)s1. The molecule has 0 unspecified atom stereocenters. The van der Waals surface area contributed by atoms with Crippen LogP contribution in [0.4, 0.5) is 21.5 Å². The third-order valence-corrected chi connectivity index (χ3v) is 5.89. The summed E-state index contributed by atoms with van der Waals surface area (Å²) in [5, 5.41) is 30.8. The predicted octanol–water partition coefficient (Wildman–Crippen LogP) is 7.25. The number of aromatic nitrogens is 1. The zero-order valence-corrected chi connectivity index (χ0v) is 19.1. The maximum absolute atomic E-state index is 10.9. The van der Waals surface area contributed by atoms with Crippen molar-refractivity contribution in [2.24, 2.45) is 10.2 Å². The van der Waals surface area contributed by atoms with Crippen molar-refractivity contribution in [1.82, 2.24) is 4.98 Å². The first-order valence-corrected chi connectivity index (χ1v) is 11.5. The number of anilines is 1. The molecule has 1 N–H and O–H groups in total. The van der Waals surface area contributed by atoms with Gasteiger partial charge >= 0.3 is 0 Å². The number of benzene rings is 2. The van der Waals surface area contributed by atoms with E-state index in [0.717, 1.165) is 49.5 Å². The molecule has 3 rings (SSSR count). The summed E-state index contributed by atoms with van der Waals surface area (Å²) in [6, 6.07) is 12.8. The molecule has 2 aromatic carbocycles. The summed E-state index contributed by atoms with van der Waals surface area (Å²) in [6.45, 7) is 6.20. The fourth-order valence-corrected chi connectivity index (χ4v) is 4.02. The number of thiazole rings is 1. The molecule has 9 heteroatoms. The Labute approximate surface area is 191 Å². The van der Waals surface area contributed by atoms with Gasteiger partial charge in [0, 0.05) is 30.8 Å². The largest absolute Gasteiger partial charge is 0.508 e. The molecule has 1 heterocycles. The minimum atomic E-state index is -0.444. The molecule has 0 fully saturated rings. The first kappa shape index (κ1) is 23.3. The number of rotatable bonds is 11. The van der Waals surface area contributed by atoms with Crippen molar-refractivity contribution >= 4 is 32.8 Å². The number of phenolic OH excluding ortho intramolecular Hbond substituents is 1. The Kier molecular flexibility index (Phi) is 8.27. The van der Waals surface area contributed by atoms with E-state index in [9.17, 15) is 15.2 Å². The third kappa shape index (κ3) is 6.10. The van der Waals surface area contributed by atoms with Crippen molar-refractivity contribution in [3.63, 3.8) is 0 Å². The first-order chi connectivity index (χ1) is 15.5. The van der Waals surface area contributed by atoms with Crippen LogP contribution >= 0.6 is 11.3 Å². The number of nitrogens with zero attached hydrogens (tertiary/aromatic N) is 5. The van der Waals surface area contributed by atoms with Gasteiger partial charge in [-0.25, -0.2) is 4.98 Å². The van der Waals surface area contributed by atoms with Crippen LogP contribution in [0.5, 0.6) is 5.75 Å². The van der Waals surface area contributed by atoms with Gasteiger partial charge in [0.25, 0.3) is 5.69 Å². The summed E-state index contributed by atoms with van der Waals surface area (Å²) < 4.78 is 0. The maximum atomic E-state index is 10.9. The molecule has 0 spiro atoms. The maximum Gasteiger partial charge on any atom is 0.269 e. The van der Waals surface area contributed by atoms with E-state index in [1.165, 1.54) is 23.5 Å². The summed E-state index contributed by atoms with van der Waals surface area (Å²) in [5.74, 6) is 0.186. The lowest BCUT2D eigenvalue weighted by Crippen LogP contribution is -2.25. The summed E-state index contributed by atoms with van der Waals surface area (Å²) in [7, 11) is 0. The van der Waals surface area contributed by atoms with E-state index in [2.05, 4.69) is 29.0 Å². The highest BCUT2D eigenvalue weighted by Crippen LogP contribution is 2.41. The second-order valence-corrected chi connectivity index (χ2v) is 8.32. The second-order valence-electron chi connectivity index (χ2n) is 7.36. The van der Waals surface area contributed by atoms with Crippen LogP contribution in [0.15, 0.2) is 58.8 Å². The number of aromatic hydroxyl groups is 1. The predicted molar refractivity (Wildman–Crippen MR) is 129 cm³/mol. The van der Waals surface area contributed by atoms with Crippen LogP contribution in [0, 0.1) is 10.1 Å². The summed E-state index contributed by atoms with van der Waals surface area (Å²) in [4.78, 5) is 17.6. The van der Waals surface area contributed by atoms with Crippen LogP contribution in [-0.4, -0.2) is 28.1 Å². The highest BCUT2D eigenvalue weighted by molar-refractivity contribution is 7.19. The van der Waals surface area contributed by atoms with Gasteiger partial charge in [-0.05, 0) is 49.2 Å². The van der Waals surface area contributed by atoms with Crippen molar-refractivity contribution in [2.45, 2.75) is 39.5 Å². The molecule has 0 aliphatic heterocycles. The Morgan fingerprint density at radius 3 is 2.19 bits per heavy atom. The van der Waals surface area contributed by atoms with Crippen LogP contribution in [-0.2, 0) is 0 Å². The van der Waals surface area contributed by atoms with E-state index in [1.807, 2.05) is 12.1 Å². The molecule has 0 radical (unpaired) electrons. The van der Waals surface area contributed by atoms with E-state index in [1.54, 1.807) is 24.3 Å². The normalized spacial score (nSPS) is 11.2. The number of phenols is 1. The molecule has 0 aliphatic carbocycles. The van der Waals surface area contributed by atoms with Gasteiger partial charge in [-0.15, -0.1) is 10.2 Å². The Bertz CT molecular complexity index is 1040. The smallest absolute Gasteiger partial charge is 0.269 e. The number of hydrogen-bond donors (Lipinski definition) is 1. The fourth-order valence-electron chi connectivity index (χ4n) is 3.06. The third-order valence-electron chi connectivity index (χ3n) is 4.89. The number of hydrogen-bond acceptors (Lipinski definition) is 8. The van der Waals surface area contributed by atoms with Crippen LogP contribution in [0.3, 0.4) is 0 Å². The average Bonchev–Trinajstić information content (AvgIpc) is 3.22. The van der Waals surface area contributed by atoms with Crippen molar-refractivity contribution in [2.75, 3.05) is 18.0 Å². The molecule has 0 aliphatic rings. The van der Waals surface area contributed by atoms with Gasteiger partial charge in [0.1, 0.15) is 11.4 Å².